The summed E-state index contributed by atoms with van der Waals surface area (Å²) in [5, 5.41) is 8.98. The first-order valence-electron chi connectivity index (χ1n) is 7.32. The zero-order chi connectivity index (χ0) is 15.9. The second-order valence-electron chi connectivity index (χ2n) is 5.62. The van der Waals surface area contributed by atoms with E-state index >= 15 is 0 Å². The van der Waals surface area contributed by atoms with Crippen LogP contribution in [0.15, 0.2) is 42.9 Å². The van der Waals surface area contributed by atoms with Crippen molar-refractivity contribution in [1.82, 2.24) is 9.97 Å². The van der Waals surface area contributed by atoms with Gasteiger partial charge in [0.2, 0.25) is 0 Å². The lowest BCUT2D eigenvalue weighted by Crippen LogP contribution is -2.27. The quantitative estimate of drug-likeness (QED) is 0.850. The van der Waals surface area contributed by atoms with Crippen LogP contribution in [-0.2, 0) is 17.6 Å². The molecule has 2 rings (SSSR count). The van der Waals surface area contributed by atoms with E-state index < -0.39 is 5.97 Å². The third-order valence-corrected chi connectivity index (χ3v) is 3.48. The maximum atomic E-state index is 10.9. The van der Waals surface area contributed by atoms with Crippen molar-refractivity contribution < 1.29 is 9.90 Å². The molecule has 2 aromatic rings. The van der Waals surface area contributed by atoms with Gasteiger partial charge in [-0.1, -0.05) is 37.3 Å². The first-order chi connectivity index (χ1) is 10.6. The van der Waals surface area contributed by atoms with Gasteiger partial charge < -0.3 is 10.0 Å². The summed E-state index contributed by atoms with van der Waals surface area (Å²) in [5.74, 6) is 0.249. The predicted molar refractivity (Wildman–Crippen MR) is 86.0 cm³/mol. The number of nitrogens with zero attached hydrogens (tertiary/aromatic N) is 3. The van der Waals surface area contributed by atoms with Crippen LogP contribution in [0.4, 0.5) is 5.82 Å². The Morgan fingerprint density at radius 3 is 2.73 bits per heavy atom. The summed E-state index contributed by atoms with van der Waals surface area (Å²) in [5.41, 5.74) is 1.95. The number of rotatable bonds is 7. The van der Waals surface area contributed by atoms with E-state index in [1.165, 1.54) is 11.9 Å². The van der Waals surface area contributed by atoms with Crippen molar-refractivity contribution in [3.63, 3.8) is 0 Å². The molecule has 1 unspecified atom stereocenters. The van der Waals surface area contributed by atoms with E-state index in [-0.39, 0.29) is 6.42 Å². The minimum atomic E-state index is -0.873. The number of hydrogen-bond donors (Lipinski definition) is 1. The molecule has 5 nitrogen and oxygen atoms in total. The molecule has 0 aliphatic heterocycles. The fourth-order valence-corrected chi connectivity index (χ4v) is 2.62. The Kier molecular flexibility index (Phi) is 5.47. The molecule has 0 bridgehead atoms. The van der Waals surface area contributed by atoms with Gasteiger partial charge in [-0.25, -0.2) is 9.97 Å². The van der Waals surface area contributed by atoms with Gasteiger partial charge >= 0.3 is 5.97 Å². The monoisotopic (exact) mass is 299 g/mol. The summed E-state index contributed by atoms with van der Waals surface area (Å²) in [6.07, 6.45) is 3.95. The maximum Gasteiger partial charge on any atom is 0.308 e. The molecule has 0 aliphatic carbocycles. The Bertz CT molecular complexity index is 616. The molecular weight excluding hydrogens is 278 g/mol. The third-order valence-electron chi connectivity index (χ3n) is 3.48. The summed E-state index contributed by atoms with van der Waals surface area (Å²) < 4.78 is 0. The SMILES string of the molecule is CC(Cc1ccccc1)CN(C)c1ncncc1CC(=O)O. The van der Waals surface area contributed by atoms with E-state index in [1.54, 1.807) is 6.20 Å². The number of aromatic nitrogens is 2. The zero-order valence-corrected chi connectivity index (χ0v) is 12.9. The first-order valence-corrected chi connectivity index (χ1v) is 7.32. The Hall–Kier alpha value is -2.43. The van der Waals surface area contributed by atoms with Gasteiger partial charge in [0.25, 0.3) is 0 Å². The summed E-state index contributed by atoms with van der Waals surface area (Å²) >= 11 is 0. The van der Waals surface area contributed by atoms with Crippen LogP contribution in [-0.4, -0.2) is 34.6 Å². The van der Waals surface area contributed by atoms with Crippen molar-refractivity contribution in [3.8, 4) is 0 Å². The van der Waals surface area contributed by atoms with Gasteiger partial charge in [-0.2, -0.15) is 0 Å². The highest BCUT2D eigenvalue weighted by molar-refractivity contribution is 5.72. The molecule has 0 saturated carbocycles. The van der Waals surface area contributed by atoms with Crippen molar-refractivity contribution in [1.29, 1.82) is 0 Å². The summed E-state index contributed by atoms with van der Waals surface area (Å²) in [7, 11) is 1.94. The molecule has 1 aromatic heterocycles. The summed E-state index contributed by atoms with van der Waals surface area (Å²) in [6, 6.07) is 10.3. The fourth-order valence-electron chi connectivity index (χ4n) is 2.62. The van der Waals surface area contributed by atoms with E-state index in [0.29, 0.717) is 17.3 Å². The predicted octanol–water partition coefficient (Wildman–Crippen LogP) is 2.42. The first kappa shape index (κ1) is 15.9. The third kappa shape index (κ3) is 4.55. The molecule has 1 heterocycles. The lowest BCUT2D eigenvalue weighted by Gasteiger charge is -2.24. The normalized spacial score (nSPS) is 11.9. The van der Waals surface area contributed by atoms with Crippen LogP contribution in [0.25, 0.3) is 0 Å². The van der Waals surface area contributed by atoms with E-state index in [2.05, 4.69) is 29.0 Å². The molecule has 0 amide bonds. The highest BCUT2D eigenvalue weighted by Crippen LogP contribution is 2.18. The van der Waals surface area contributed by atoms with Gasteiger partial charge in [-0.3, -0.25) is 4.79 Å². The molecule has 116 valence electrons. The Balaban J connectivity index is 2.02. The molecule has 0 saturated heterocycles. The molecule has 0 aliphatic rings. The topological polar surface area (TPSA) is 66.3 Å². The average molecular weight is 299 g/mol. The number of carbonyl (C=O) groups is 1. The molecule has 1 N–H and O–H groups in total. The maximum absolute atomic E-state index is 10.9. The van der Waals surface area contributed by atoms with E-state index in [1.807, 2.05) is 30.1 Å². The van der Waals surface area contributed by atoms with Crippen LogP contribution in [0.1, 0.15) is 18.1 Å². The summed E-state index contributed by atoms with van der Waals surface area (Å²) in [4.78, 5) is 21.1. The zero-order valence-electron chi connectivity index (χ0n) is 12.9. The van der Waals surface area contributed by atoms with E-state index in [9.17, 15) is 4.79 Å². The van der Waals surface area contributed by atoms with Crippen LogP contribution in [0, 0.1) is 5.92 Å². The van der Waals surface area contributed by atoms with Crippen LogP contribution in [0.3, 0.4) is 0 Å². The molecule has 0 fully saturated rings. The van der Waals surface area contributed by atoms with Crippen molar-refractivity contribution >= 4 is 11.8 Å². The highest BCUT2D eigenvalue weighted by Gasteiger charge is 2.14. The molecular formula is C17H21N3O2. The second kappa shape index (κ2) is 7.54. The molecule has 0 spiro atoms. The second-order valence-corrected chi connectivity index (χ2v) is 5.62. The van der Waals surface area contributed by atoms with Gasteiger partial charge in [0, 0.05) is 25.4 Å². The van der Waals surface area contributed by atoms with Crippen LogP contribution >= 0.6 is 0 Å². The van der Waals surface area contributed by atoms with Crippen LogP contribution in [0.2, 0.25) is 0 Å². The lowest BCUT2D eigenvalue weighted by molar-refractivity contribution is -0.136. The Morgan fingerprint density at radius 2 is 2.05 bits per heavy atom. The number of carboxylic acid groups (broad SMARTS) is 1. The van der Waals surface area contributed by atoms with Crippen molar-refractivity contribution in [3.05, 3.63) is 54.0 Å². The van der Waals surface area contributed by atoms with Gasteiger partial charge in [0.1, 0.15) is 12.1 Å². The largest absolute Gasteiger partial charge is 0.481 e. The number of carboxylic acids is 1. The molecule has 1 aromatic carbocycles. The molecule has 22 heavy (non-hydrogen) atoms. The standard InChI is InChI=1S/C17H21N3O2/c1-13(8-14-6-4-3-5-7-14)11-20(2)17-15(9-16(21)22)10-18-12-19-17/h3-7,10,12-13H,8-9,11H2,1-2H3,(H,21,22). The Labute approximate surface area is 130 Å². The number of hydrogen-bond acceptors (Lipinski definition) is 4. The van der Waals surface area contributed by atoms with E-state index in [4.69, 9.17) is 5.11 Å². The fraction of sp³-hybridized carbons (Fsp3) is 0.353. The van der Waals surface area contributed by atoms with Gasteiger partial charge in [-0.05, 0) is 17.9 Å². The summed E-state index contributed by atoms with van der Waals surface area (Å²) in [6.45, 7) is 2.99. The van der Waals surface area contributed by atoms with Crippen LogP contribution in [0.5, 0.6) is 0 Å². The molecule has 0 radical (unpaired) electrons. The van der Waals surface area contributed by atoms with E-state index in [0.717, 1.165) is 13.0 Å². The average Bonchev–Trinajstić information content (AvgIpc) is 2.48. The minimum absolute atomic E-state index is 0.0619. The number of anilines is 1. The molecule has 5 heteroatoms. The minimum Gasteiger partial charge on any atom is -0.481 e. The molecule has 1 atom stereocenters. The highest BCUT2D eigenvalue weighted by atomic mass is 16.4. The smallest absolute Gasteiger partial charge is 0.308 e. The number of benzene rings is 1. The van der Waals surface area contributed by atoms with Crippen LogP contribution < -0.4 is 4.90 Å². The number of aliphatic carboxylic acids is 1. The lowest BCUT2D eigenvalue weighted by atomic mass is 10.0. The van der Waals surface area contributed by atoms with Crippen molar-refractivity contribution in [2.75, 3.05) is 18.5 Å². The van der Waals surface area contributed by atoms with Gasteiger partial charge in [0.15, 0.2) is 0 Å². The van der Waals surface area contributed by atoms with Gasteiger partial charge in [-0.15, -0.1) is 0 Å². The van der Waals surface area contributed by atoms with Gasteiger partial charge in [0.05, 0.1) is 6.42 Å². The Morgan fingerprint density at radius 1 is 1.32 bits per heavy atom. The van der Waals surface area contributed by atoms with Crippen molar-refractivity contribution in [2.45, 2.75) is 19.8 Å². The van der Waals surface area contributed by atoms with Crippen molar-refractivity contribution in [2.24, 2.45) is 5.92 Å².